The number of anilines is 1. The zero-order chi connectivity index (χ0) is 15.4. The van der Waals surface area contributed by atoms with E-state index in [2.05, 4.69) is 5.32 Å². The van der Waals surface area contributed by atoms with Gasteiger partial charge in [0.25, 0.3) is 5.91 Å². The second-order valence-electron chi connectivity index (χ2n) is 5.00. The van der Waals surface area contributed by atoms with Crippen molar-refractivity contribution in [2.75, 3.05) is 25.6 Å². The van der Waals surface area contributed by atoms with Crippen LogP contribution >= 0.6 is 0 Å². The fourth-order valence-corrected chi connectivity index (χ4v) is 2.47. The molecule has 5 heteroatoms. The van der Waals surface area contributed by atoms with Crippen LogP contribution in [-0.4, -0.2) is 37.2 Å². The van der Waals surface area contributed by atoms with Crippen LogP contribution in [0.15, 0.2) is 53.2 Å². The number of fused-ring (bicyclic) bond motifs is 1. The van der Waals surface area contributed by atoms with Crippen LogP contribution in [0.1, 0.15) is 16.1 Å². The highest BCUT2D eigenvalue weighted by molar-refractivity contribution is 6.01. The lowest BCUT2D eigenvalue weighted by Gasteiger charge is -2.36. The van der Waals surface area contributed by atoms with Gasteiger partial charge in [0.05, 0.1) is 18.4 Å². The Labute approximate surface area is 129 Å². The second kappa shape index (κ2) is 6.49. The Hall–Kier alpha value is -2.53. The highest BCUT2D eigenvalue weighted by Gasteiger charge is 2.29. The van der Waals surface area contributed by atoms with Crippen LogP contribution in [0, 0.1) is 0 Å². The van der Waals surface area contributed by atoms with Gasteiger partial charge in [-0.25, -0.2) is 0 Å². The van der Waals surface area contributed by atoms with Crippen molar-refractivity contribution in [1.29, 1.82) is 0 Å². The summed E-state index contributed by atoms with van der Waals surface area (Å²) in [5.74, 6) is 0.750. The lowest BCUT2D eigenvalue weighted by atomic mass is 10.1. The molecule has 2 aromatic rings. The van der Waals surface area contributed by atoms with E-state index in [1.807, 2.05) is 48.6 Å². The monoisotopic (exact) mass is 298 g/mol. The predicted molar refractivity (Wildman–Crippen MR) is 84.5 cm³/mol. The molecule has 0 radical (unpaired) electrons. The average molecular weight is 298 g/mol. The molecular formula is C17H18N2O3. The molecule has 0 aliphatic carbocycles. The number of nitrogens with one attached hydrogen (secondary N) is 1. The van der Waals surface area contributed by atoms with E-state index in [1.165, 1.54) is 0 Å². The van der Waals surface area contributed by atoms with Crippen molar-refractivity contribution in [1.82, 2.24) is 4.90 Å². The number of ether oxygens (including phenoxy) is 1. The lowest BCUT2D eigenvalue weighted by Crippen LogP contribution is -2.49. The molecule has 1 aliphatic heterocycles. The topological polar surface area (TPSA) is 54.7 Å². The van der Waals surface area contributed by atoms with Crippen molar-refractivity contribution in [2.45, 2.75) is 6.17 Å². The van der Waals surface area contributed by atoms with E-state index in [0.717, 1.165) is 11.4 Å². The van der Waals surface area contributed by atoms with E-state index in [-0.39, 0.29) is 12.1 Å². The molecule has 1 atom stereocenters. The van der Waals surface area contributed by atoms with E-state index in [4.69, 9.17) is 9.15 Å². The molecule has 0 fully saturated rings. The summed E-state index contributed by atoms with van der Waals surface area (Å²) >= 11 is 0. The van der Waals surface area contributed by atoms with E-state index in [9.17, 15) is 4.79 Å². The molecule has 3 rings (SSSR count). The lowest BCUT2D eigenvalue weighted by molar-refractivity contribution is 0.0650. The number of furan rings is 1. The van der Waals surface area contributed by atoms with Crippen LogP contribution in [0.4, 0.5) is 5.69 Å². The third-order valence-electron chi connectivity index (χ3n) is 3.58. The number of methoxy groups -OCH3 is 1. The number of rotatable bonds is 5. The smallest absolute Gasteiger partial charge is 0.257 e. The highest BCUT2D eigenvalue weighted by Crippen LogP contribution is 2.25. The average Bonchev–Trinajstić information content (AvgIpc) is 3.06. The Bertz CT molecular complexity index is 664. The summed E-state index contributed by atoms with van der Waals surface area (Å²) in [5, 5.41) is 3.37. The zero-order valence-corrected chi connectivity index (χ0v) is 12.4. The fraction of sp³-hybridized carbons (Fsp3) is 0.235. The van der Waals surface area contributed by atoms with Gasteiger partial charge in [0.1, 0.15) is 11.9 Å². The van der Waals surface area contributed by atoms with Gasteiger partial charge in [-0.2, -0.15) is 0 Å². The van der Waals surface area contributed by atoms with Crippen LogP contribution in [0.25, 0.3) is 6.08 Å². The predicted octanol–water partition coefficient (Wildman–Crippen LogP) is 2.83. The first-order valence-electron chi connectivity index (χ1n) is 7.17. The Morgan fingerprint density at radius 1 is 1.32 bits per heavy atom. The standard InChI is InChI=1S/C17H18N2O3/c1-21-12-10-19-16(9-8-13-5-4-11-22-13)18-15-7-3-2-6-14(15)17(19)20/h2-9,11,16,18H,10,12H2,1H3/b9-8+. The first kappa shape index (κ1) is 14.4. The van der Waals surface area contributed by atoms with E-state index in [1.54, 1.807) is 18.3 Å². The van der Waals surface area contributed by atoms with Crippen molar-refractivity contribution < 1.29 is 13.9 Å². The van der Waals surface area contributed by atoms with Crippen LogP contribution in [0.2, 0.25) is 0 Å². The van der Waals surface area contributed by atoms with Crippen LogP contribution in [0.5, 0.6) is 0 Å². The summed E-state index contributed by atoms with van der Waals surface area (Å²) in [6.07, 6.45) is 5.17. The Morgan fingerprint density at radius 2 is 2.18 bits per heavy atom. The first-order valence-corrected chi connectivity index (χ1v) is 7.17. The van der Waals surface area contributed by atoms with Gasteiger partial charge in [-0.1, -0.05) is 12.1 Å². The molecule has 22 heavy (non-hydrogen) atoms. The van der Waals surface area contributed by atoms with Crippen LogP contribution in [-0.2, 0) is 4.74 Å². The Morgan fingerprint density at radius 3 is 2.95 bits per heavy atom. The SMILES string of the molecule is COCCN1C(=O)c2ccccc2NC1/C=C/c1ccco1. The second-order valence-corrected chi connectivity index (χ2v) is 5.00. The van der Waals surface area contributed by atoms with Gasteiger partial charge in [-0.15, -0.1) is 0 Å². The maximum atomic E-state index is 12.7. The molecular weight excluding hydrogens is 280 g/mol. The van der Waals surface area contributed by atoms with Gasteiger partial charge in [-0.3, -0.25) is 4.79 Å². The van der Waals surface area contributed by atoms with Gasteiger partial charge < -0.3 is 19.4 Å². The largest absolute Gasteiger partial charge is 0.465 e. The first-order chi connectivity index (χ1) is 10.8. The van der Waals surface area contributed by atoms with Gasteiger partial charge in [0, 0.05) is 19.3 Å². The van der Waals surface area contributed by atoms with E-state index in [0.29, 0.717) is 18.7 Å². The number of hydrogen-bond acceptors (Lipinski definition) is 4. The van der Waals surface area contributed by atoms with Crippen LogP contribution in [0.3, 0.4) is 0 Å². The molecule has 1 aliphatic rings. The quantitative estimate of drug-likeness (QED) is 0.922. The molecule has 1 amide bonds. The Balaban J connectivity index is 1.87. The van der Waals surface area contributed by atoms with Crippen molar-refractivity contribution in [2.24, 2.45) is 0 Å². The molecule has 0 saturated carbocycles. The zero-order valence-electron chi connectivity index (χ0n) is 12.4. The van der Waals surface area contributed by atoms with Crippen molar-refractivity contribution in [3.63, 3.8) is 0 Å². The third-order valence-corrected chi connectivity index (χ3v) is 3.58. The molecule has 1 aromatic carbocycles. The van der Waals surface area contributed by atoms with E-state index < -0.39 is 0 Å². The molecule has 5 nitrogen and oxygen atoms in total. The number of nitrogens with zero attached hydrogens (tertiary/aromatic N) is 1. The number of para-hydroxylation sites is 1. The number of benzene rings is 1. The molecule has 1 N–H and O–H groups in total. The summed E-state index contributed by atoms with van der Waals surface area (Å²) in [5.41, 5.74) is 1.52. The molecule has 114 valence electrons. The summed E-state index contributed by atoms with van der Waals surface area (Å²) < 4.78 is 10.4. The maximum absolute atomic E-state index is 12.7. The number of carbonyl (C=O) groups is 1. The molecule has 0 spiro atoms. The minimum Gasteiger partial charge on any atom is -0.465 e. The maximum Gasteiger partial charge on any atom is 0.257 e. The normalized spacial score (nSPS) is 17.6. The van der Waals surface area contributed by atoms with Gasteiger partial charge in [-0.05, 0) is 36.4 Å². The van der Waals surface area contributed by atoms with Crippen LogP contribution < -0.4 is 5.32 Å². The summed E-state index contributed by atoms with van der Waals surface area (Å²) in [6.45, 7) is 1.00. The number of hydrogen-bond donors (Lipinski definition) is 1. The Kier molecular flexibility index (Phi) is 4.25. The molecule has 1 aromatic heterocycles. The molecule has 2 heterocycles. The van der Waals surface area contributed by atoms with Gasteiger partial charge in [0.2, 0.25) is 0 Å². The van der Waals surface area contributed by atoms with Crippen molar-refractivity contribution in [3.8, 4) is 0 Å². The summed E-state index contributed by atoms with van der Waals surface area (Å²) in [6, 6.07) is 11.2. The molecule has 1 unspecified atom stereocenters. The van der Waals surface area contributed by atoms with Crippen molar-refractivity contribution in [3.05, 3.63) is 60.1 Å². The summed E-state index contributed by atoms with van der Waals surface area (Å²) in [7, 11) is 1.63. The highest BCUT2D eigenvalue weighted by atomic mass is 16.5. The minimum absolute atomic E-state index is 0.000458. The van der Waals surface area contributed by atoms with Gasteiger partial charge >= 0.3 is 0 Å². The van der Waals surface area contributed by atoms with Gasteiger partial charge in [0.15, 0.2) is 0 Å². The number of carbonyl (C=O) groups excluding carboxylic acids is 1. The fourth-order valence-electron chi connectivity index (χ4n) is 2.47. The van der Waals surface area contributed by atoms with Crippen molar-refractivity contribution >= 4 is 17.7 Å². The molecule has 0 saturated heterocycles. The minimum atomic E-state index is -0.234. The number of amides is 1. The third kappa shape index (κ3) is 2.89. The molecule has 0 bridgehead atoms. The summed E-state index contributed by atoms with van der Waals surface area (Å²) in [4.78, 5) is 14.4. The van der Waals surface area contributed by atoms with E-state index >= 15 is 0 Å².